The zero-order chi connectivity index (χ0) is 69.4. The summed E-state index contributed by atoms with van der Waals surface area (Å²) in [6.45, 7) is 41.6. The van der Waals surface area contributed by atoms with E-state index >= 15 is 0 Å². The summed E-state index contributed by atoms with van der Waals surface area (Å²) in [5.41, 5.74) is -0.526. The van der Waals surface area contributed by atoms with Crippen LogP contribution in [0, 0.1) is 34.5 Å². The lowest BCUT2D eigenvalue weighted by atomic mass is 9.86. The highest BCUT2D eigenvalue weighted by molar-refractivity contribution is 6.34. The summed E-state index contributed by atoms with van der Waals surface area (Å²) in [6, 6.07) is 0. The van der Waals surface area contributed by atoms with Gasteiger partial charge in [-0.1, -0.05) is 55.4 Å². The lowest BCUT2D eigenvalue weighted by Gasteiger charge is -2.42. The highest BCUT2D eigenvalue weighted by Gasteiger charge is 2.55. The van der Waals surface area contributed by atoms with E-state index in [1.165, 1.54) is 35.4 Å². The molecular formula is C70H114ClF5N12O4. The molecule has 0 unspecified atom stereocenters. The molecule has 4 aromatic rings. The fraction of sp³-hybridized carbons (Fsp3) is 0.771. The fourth-order valence-corrected chi connectivity index (χ4v) is 12.5. The molecule has 0 spiro atoms. The third-order valence-corrected chi connectivity index (χ3v) is 19.2. The van der Waals surface area contributed by atoms with E-state index in [1.807, 2.05) is 45.2 Å². The van der Waals surface area contributed by atoms with E-state index in [9.17, 15) is 41.1 Å². The lowest BCUT2D eigenvalue weighted by Crippen LogP contribution is -2.53. The monoisotopic (exact) mass is 1320 g/mol. The number of hydrogen-bond donors (Lipinski definition) is 0. The minimum atomic E-state index is -4.54. The largest absolute Gasteiger partial charge is 0.402 e. The minimum Gasteiger partial charge on any atom is -0.342 e. The summed E-state index contributed by atoms with van der Waals surface area (Å²) < 4.78 is 74.3. The molecule has 0 N–H and O–H groups in total. The van der Waals surface area contributed by atoms with E-state index < -0.39 is 46.0 Å². The van der Waals surface area contributed by atoms with Gasteiger partial charge in [0, 0.05) is 77.1 Å². The van der Waals surface area contributed by atoms with Crippen molar-refractivity contribution in [2.45, 2.75) is 254 Å². The first-order valence-corrected chi connectivity index (χ1v) is 34.0. The van der Waals surface area contributed by atoms with Crippen LogP contribution in [0.15, 0.2) is 49.6 Å². The van der Waals surface area contributed by atoms with E-state index in [2.05, 4.69) is 131 Å². The summed E-state index contributed by atoms with van der Waals surface area (Å²) in [5.74, 6) is 1.09. The van der Waals surface area contributed by atoms with Crippen LogP contribution in [0.1, 0.15) is 212 Å². The molecule has 520 valence electrons. The van der Waals surface area contributed by atoms with Crippen LogP contribution in [0.5, 0.6) is 0 Å². The minimum absolute atomic E-state index is 0.0114. The van der Waals surface area contributed by atoms with E-state index in [0.717, 1.165) is 96.7 Å². The van der Waals surface area contributed by atoms with Crippen molar-refractivity contribution in [1.82, 2.24) is 58.7 Å². The molecule has 16 nitrogen and oxygen atoms in total. The summed E-state index contributed by atoms with van der Waals surface area (Å²) in [7, 11) is 0. The van der Waals surface area contributed by atoms with Gasteiger partial charge in [0.15, 0.2) is 5.67 Å². The molecule has 0 aliphatic carbocycles. The number of amides is 4. The van der Waals surface area contributed by atoms with E-state index in [0.29, 0.717) is 75.8 Å². The van der Waals surface area contributed by atoms with E-state index in [1.54, 1.807) is 37.5 Å². The topological polar surface area (TPSA) is 153 Å². The molecule has 8 rings (SSSR count). The molecule has 4 saturated heterocycles. The van der Waals surface area contributed by atoms with Crippen LogP contribution in [-0.2, 0) is 67.0 Å². The summed E-state index contributed by atoms with van der Waals surface area (Å²) in [5, 5.41) is 18.1. The Morgan fingerprint density at radius 1 is 0.424 bits per heavy atom. The summed E-state index contributed by atoms with van der Waals surface area (Å²) in [6.07, 6.45) is 22.0. The molecule has 92 heavy (non-hydrogen) atoms. The van der Waals surface area contributed by atoms with Gasteiger partial charge in [-0.2, -0.15) is 33.6 Å². The van der Waals surface area contributed by atoms with Crippen LogP contribution in [0.2, 0.25) is 0 Å². The first kappa shape index (κ1) is 77.4. The van der Waals surface area contributed by atoms with Crippen molar-refractivity contribution < 1.29 is 41.1 Å². The number of carbonyl (C=O) groups excluding carboxylic acids is 4. The fourth-order valence-electron chi connectivity index (χ4n) is 12.4. The van der Waals surface area contributed by atoms with Crippen molar-refractivity contribution in [3.05, 3.63) is 71.8 Å². The molecule has 4 fully saturated rings. The number of alkyl halides is 6. The molecule has 0 bridgehead atoms. The van der Waals surface area contributed by atoms with Crippen molar-refractivity contribution in [3.63, 3.8) is 0 Å². The highest BCUT2D eigenvalue weighted by atomic mass is 35.5. The van der Waals surface area contributed by atoms with Crippen LogP contribution >= 0.6 is 11.6 Å². The number of nitrogens with zero attached hydrogens (tertiary/aromatic N) is 12. The van der Waals surface area contributed by atoms with Crippen molar-refractivity contribution >= 4 is 35.2 Å². The second kappa shape index (κ2) is 30.6. The molecule has 0 atom stereocenters. The quantitative estimate of drug-likeness (QED) is 0.0748. The molecule has 4 aliphatic rings. The Bertz CT molecular complexity index is 2900. The van der Waals surface area contributed by atoms with Crippen LogP contribution < -0.4 is 0 Å². The maximum absolute atomic E-state index is 13.8. The average molecular weight is 1320 g/mol. The third-order valence-electron chi connectivity index (χ3n) is 19.0. The van der Waals surface area contributed by atoms with Gasteiger partial charge in [0.25, 0.3) is 5.91 Å². The van der Waals surface area contributed by atoms with Gasteiger partial charge in [-0.25, -0.2) is 8.78 Å². The van der Waals surface area contributed by atoms with Crippen molar-refractivity contribution in [1.29, 1.82) is 0 Å². The Balaban J connectivity index is 0.000000223. The Morgan fingerprint density at radius 2 is 0.652 bits per heavy atom. The number of hydrogen-bond acceptors (Lipinski definition) is 8. The van der Waals surface area contributed by atoms with Gasteiger partial charge in [0.1, 0.15) is 17.0 Å². The van der Waals surface area contributed by atoms with E-state index in [4.69, 9.17) is 11.6 Å². The molecule has 22 heteroatoms. The number of halogens is 6. The molecule has 8 heterocycles. The highest BCUT2D eigenvalue weighted by Crippen LogP contribution is 2.41. The molecule has 0 radical (unpaired) electrons. The number of carbonyl (C=O) groups is 4. The van der Waals surface area contributed by atoms with Crippen LogP contribution in [0.4, 0.5) is 22.0 Å². The second-order valence-electron chi connectivity index (χ2n) is 31.8. The maximum Gasteiger partial charge on any atom is 0.402 e. The first-order chi connectivity index (χ1) is 42.3. The van der Waals surface area contributed by atoms with E-state index in [-0.39, 0.29) is 34.0 Å². The van der Waals surface area contributed by atoms with Crippen LogP contribution in [0.3, 0.4) is 0 Å². The van der Waals surface area contributed by atoms with Crippen molar-refractivity contribution in [2.75, 3.05) is 59.0 Å². The van der Waals surface area contributed by atoms with Crippen molar-refractivity contribution in [2.24, 2.45) is 34.5 Å². The SMILES string of the molecule is CC(C)Cc1cnn(C2(C)CCN(C(=O)C(C)(C)C(F)(F)F)CC2)c1.CC(C)Cc1cnn(C2(C)CCN(C(=O)C(C)(C)CF)CC2)c1.CC(C)Cc1cnn(C2(C)CCN(C(=O)C(C)(C)Cl)CC2)c1.CC(C)Cc1cnn(C2(C)CCN(C(=O)C(C)(C)F)CC2)c1. The molecule has 4 amide bonds. The number of likely N-dealkylation sites (tertiary alicyclic amines) is 4. The number of aromatic nitrogens is 8. The molecular weight excluding hydrogens is 1200 g/mol. The maximum atomic E-state index is 13.8. The number of piperidine rings is 4. The predicted molar refractivity (Wildman–Crippen MR) is 356 cm³/mol. The smallest absolute Gasteiger partial charge is 0.342 e. The van der Waals surface area contributed by atoms with Gasteiger partial charge >= 0.3 is 6.18 Å². The Labute approximate surface area is 552 Å². The van der Waals surface area contributed by atoms with Gasteiger partial charge in [-0.05, 0) is 206 Å². The summed E-state index contributed by atoms with van der Waals surface area (Å²) >= 11 is 6.15. The van der Waals surface area contributed by atoms with Crippen molar-refractivity contribution in [3.8, 4) is 0 Å². The molecule has 4 aromatic heterocycles. The Morgan fingerprint density at radius 3 is 0.859 bits per heavy atom. The Hall–Kier alpha value is -5.34. The van der Waals surface area contributed by atoms with Gasteiger partial charge < -0.3 is 19.6 Å². The summed E-state index contributed by atoms with van der Waals surface area (Å²) in [4.78, 5) is 54.8. The molecule has 0 aromatic carbocycles. The average Bonchev–Trinajstić information content (AvgIpc) is 1.30. The van der Waals surface area contributed by atoms with Crippen LogP contribution in [-0.4, -0.2) is 158 Å². The third kappa shape index (κ3) is 20.3. The molecule has 4 aliphatic heterocycles. The van der Waals surface area contributed by atoms with Gasteiger partial charge in [0.2, 0.25) is 17.7 Å². The van der Waals surface area contributed by atoms with Gasteiger partial charge in [0.05, 0.1) is 52.4 Å². The van der Waals surface area contributed by atoms with Gasteiger partial charge in [-0.3, -0.25) is 37.9 Å². The Kier molecular flexibility index (Phi) is 25.7. The lowest BCUT2D eigenvalue weighted by molar-refractivity contribution is -0.218. The second-order valence-corrected chi connectivity index (χ2v) is 32.8. The van der Waals surface area contributed by atoms with Crippen LogP contribution in [0.25, 0.3) is 0 Å². The predicted octanol–water partition coefficient (Wildman–Crippen LogP) is 14.0. The molecule has 0 saturated carbocycles. The zero-order valence-electron chi connectivity index (χ0n) is 59.5. The zero-order valence-corrected chi connectivity index (χ0v) is 60.3. The first-order valence-electron chi connectivity index (χ1n) is 33.6. The standard InChI is InChI=1S/C18H28F3N3O.C18H30FN3O.C17H28ClN3O.C17H28FN3O/c1-13(2)10-14-11-22-24(12-14)17(5)6-8-23(9-7-17)15(25)16(3,4)18(19,20)21;1-14(2)10-15-11-20-22(12-15)18(5)6-8-21(9-7-18)16(23)17(3,4)13-19;2*1-13(2)10-14-11-19-21(12-14)17(5)6-8-20(9-7-17)15(22)16(3,4)18/h11-13H,6-10H2,1-5H3;11-12,14H,6-10,13H2,1-5H3;2*11-13H,6-10H2,1-5H3. The van der Waals surface area contributed by atoms with Gasteiger partial charge in [-0.15, -0.1) is 11.6 Å². The number of rotatable bonds is 17. The normalized spacial score (nSPS) is 18.7.